The van der Waals surface area contributed by atoms with Crippen molar-refractivity contribution >= 4 is 17.3 Å². The first-order valence-electron chi connectivity index (χ1n) is 7.47. The van der Waals surface area contributed by atoms with E-state index < -0.39 is 0 Å². The molecule has 0 bridgehead atoms. The molecule has 110 valence electrons. The largest absolute Gasteiger partial charge is 0.370 e. The highest BCUT2D eigenvalue weighted by atomic mass is 15.3. The topological polar surface area (TPSA) is 44.3 Å². The summed E-state index contributed by atoms with van der Waals surface area (Å²) in [7, 11) is 0. The lowest BCUT2D eigenvalue weighted by Gasteiger charge is -2.36. The summed E-state index contributed by atoms with van der Waals surface area (Å²) in [4.78, 5) is 13.4. The Balaban J connectivity index is 1.64. The molecule has 1 saturated heterocycles. The summed E-state index contributed by atoms with van der Waals surface area (Å²) in [6, 6.07) is 12.6. The highest BCUT2D eigenvalue weighted by molar-refractivity contribution is 5.52. The summed E-state index contributed by atoms with van der Waals surface area (Å²) in [5.74, 6) is 1.90. The third-order valence-corrected chi connectivity index (χ3v) is 3.74. The molecule has 21 heavy (non-hydrogen) atoms. The number of hydrogen-bond acceptors (Lipinski definition) is 5. The fourth-order valence-electron chi connectivity index (χ4n) is 2.63. The molecule has 5 heteroatoms. The molecule has 1 N–H and O–H groups in total. The number of para-hydroxylation sites is 1. The van der Waals surface area contributed by atoms with Crippen LogP contribution in [-0.2, 0) is 0 Å². The van der Waals surface area contributed by atoms with Crippen LogP contribution < -0.4 is 15.1 Å². The van der Waals surface area contributed by atoms with Crippen molar-refractivity contribution in [2.24, 2.45) is 0 Å². The first-order chi connectivity index (χ1) is 10.4. The Hall–Kier alpha value is -2.30. The van der Waals surface area contributed by atoms with E-state index in [4.69, 9.17) is 0 Å². The molecule has 3 rings (SSSR count). The van der Waals surface area contributed by atoms with Gasteiger partial charge in [0, 0.05) is 44.5 Å². The average molecular weight is 283 g/mol. The van der Waals surface area contributed by atoms with Crippen molar-refractivity contribution in [3.8, 4) is 0 Å². The van der Waals surface area contributed by atoms with Gasteiger partial charge in [-0.2, -0.15) is 0 Å². The van der Waals surface area contributed by atoms with Crippen molar-refractivity contribution in [3.05, 3.63) is 42.7 Å². The summed E-state index contributed by atoms with van der Waals surface area (Å²) in [5, 5.41) is 3.23. The van der Waals surface area contributed by atoms with E-state index in [1.54, 1.807) is 6.33 Å². The smallest absolute Gasteiger partial charge is 0.134 e. The molecule has 5 nitrogen and oxygen atoms in total. The molecule has 2 aromatic rings. The minimum absolute atomic E-state index is 0.873. The van der Waals surface area contributed by atoms with Crippen LogP contribution in [-0.4, -0.2) is 42.7 Å². The normalized spacial score (nSPS) is 15.1. The van der Waals surface area contributed by atoms with Gasteiger partial charge >= 0.3 is 0 Å². The summed E-state index contributed by atoms with van der Waals surface area (Å²) in [6.07, 6.45) is 1.64. The van der Waals surface area contributed by atoms with E-state index in [9.17, 15) is 0 Å². The van der Waals surface area contributed by atoms with Crippen molar-refractivity contribution in [3.63, 3.8) is 0 Å². The molecule has 1 aliphatic heterocycles. The molecule has 0 radical (unpaired) electrons. The Kier molecular flexibility index (Phi) is 4.19. The van der Waals surface area contributed by atoms with E-state index in [0.717, 1.165) is 44.4 Å². The fraction of sp³-hybridized carbons (Fsp3) is 0.375. The van der Waals surface area contributed by atoms with Gasteiger partial charge in [-0.05, 0) is 19.1 Å². The number of nitrogens with one attached hydrogen (secondary N) is 1. The summed E-state index contributed by atoms with van der Waals surface area (Å²) >= 11 is 0. The van der Waals surface area contributed by atoms with Crippen LogP contribution in [0.25, 0.3) is 0 Å². The first-order valence-corrected chi connectivity index (χ1v) is 7.47. The molecular formula is C16H21N5. The lowest BCUT2D eigenvalue weighted by molar-refractivity contribution is 0.647. The van der Waals surface area contributed by atoms with Crippen LogP contribution in [0, 0.1) is 0 Å². The highest BCUT2D eigenvalue weighted by Crippen LogP contribution is 2.19. The van der Waals surface area contributed by atoms with Crippen LogP contribution in [0.5, 0.6) is 0 Å². The predicted molar refractivity (Wildman–Crippen MR) is 87.1 cm³/mol. The molecule has 1 aromatic heterocycles. The SMILES string of the molecule is CCNc1cc(N2CCN(c3ccccc3)CC2)ncn1. The number of hydrogen-bond donors (Lipinski definition) is 1. The second-order valence-electron chi connectivity index (χ2n) is 5.10. The van der Waals surface area contributed by atoms with E-state index in [2.05, 4.69) is 62.3 Å². The lowest BCUT2D eigenvalue weighted by atomic mass is 10.2. The van der Waals surface area contributed by atoms with Crippen molar-refractivity contribution in [1.29, 1.82) is 0 Å². The Morgan fingerprint density at radius 2 is 1.71 bits per heavy atom. The maximum absolute atomic E-state index is 4.40. The maximum Gasteiger partial charge on any atom is 0.134 e. The van der Waals surface area contributed by atoms with Gasteiger partial charge in [-0.1, -0.05) is 18.2 Å². The Bertz CT molecular complexity index is 564. The maximum atomic E-state index is 4.40. The number of nitrogens with zero attached hydrogens (tertiary/aromatic N) is 4. The molecule has 1 aliphatic rings. The van der Waals surface area contributed by atoms with Crippen molar-refractivity contribution in [2.75, 3.05) is 47.8 Å². The average Bonchev–Trinajstić information content (AvgIpc) is 2.56. The van der Waals surface area contributed by atoms with Crippen molar-refractivity contribution < 1.29 is 0 Å². The van der Waals surface area contributed by atoms with E-state index >= 15 is 0 Å². The lowest BCUT2D eigenvalue weighted by Crippen LogP contribution is -2.46. The summed E-state index contributed by atoms with van der Waals surface area (Å²) in [5.41, 5.74) is 1.30. The third kappa shape index (κ3) is 3.24. The predicted octanol–water partition coefficient (Wildman–Crippen LogP) is 2.24. The number of anilines is 3. The van der Waals surface area contributed by atoms with Gasteiger partial charge < -0.3 is 15.1 Å². The molecule has 2 heterocycles. The van der Waals surface area contributed by atoms with Crippen molar-refractivity contribution in [2.45, 2.75) is 6.92 Å². The summed E-state index contributed by atoms with van der Waals surface area (Å²) < 4.78 is 0. The van der Waals surface area contributed by atoms with Crippen LogP contribution >= 0.6 is 0 Å². The number of benzene rings is 1. The second kappa shape index (κ2) is 6.43. The van der Waals surface area contributed by atoms with Crippen LogP contribution in [0.15, 0.2) is 42.7 Å². The zero-order valence-corrected chi connectivity index (χ0v) is 12.4. The van der Waals surface area contributed by atoms with Gasteiger partial charge in [0.15, 0.2) is 0 Å². The van der Waals surface area contributed by atoms with Gasteiger partial charge in [-0.15, -0.1) is 0 Å². The van der Waals surface area contributed by atoms with Gasteiger partial charge in [0.25, 0.3) is 0 Å². The van der Waals surface area contributed by atoms with Crippen molar-refractivity contribution in [1.82, 2.24) is 9.97 Å². The summed E-state index contributed by atoms with van der Waals surface area (Å²) in [6.45, 7) is 6.95. The molecule has 0 atom stereocenters. The first kappa shape index (κ1) is 13.7. The van der Waals surface area contributed by atoms with Gasteiger partial charge in [-0.25, -0.2) is 9.97 Å². The standard InChI is InChI=1S/C16H21N5/c1-2-17-15-12-16(19-13-18-15)21-10-8-20(9-11-21)14-6-4-3-5-7-14/h3-7,12-13H,2,8-11H2,1H3,(H,17,18,19). The second-order valence-corrected chi connectivity index (χ2v) is 5.10. The van der Waals surface area contributed by atoms with Crippen LogP contribution in [0.4, 0.5) is 17.3 Å². The number of rotatable bonds is 4. The molecule has 1 aromatic carbocycles. The van der Waals surface area contributed by atoms with E-state index in [-0.39, 0.29) is 0 Å². The molecular weight excluding hydrogens is 262 g/mol. The Labute approximate surface area is 125 Å². The van der Waals surface area contributed by atoms with Crippen LogP contribution in [0.2, 0.25) is 0 Å². The minimum Gasteiger partial charge on any atom is -0.370 e. The van der Waals surface area contributed by atoms with Gasteiger partial charge in [0.1, 0.15) is 18.0 Å². The quantitative estimate of drug-likeness (QED) is 0.932. The van der Waals surface area contributed by atoms with E-state index in [0.29, 0.717) is 0 Å². The molecule has 0 spiro atoms. The fourth-order valence-corrected chi connectivity index (χ4v) is 2.63. The number of piperazine rings is 1. The zero-order chi connectivity index (χ0) is 14.5. The van der Waals surface area contributed by atoms with E-state index in [1.807, 2.05) is 6.07 Å². The Morgan fingerprint density at radius 1 is 1.00 bits per heavy atom. The highest BCUT2D eigenvalue weighted by Gasteiger charge is 2.18. The Morgan fingerprint density at radius 3 is 2.43 bits per heavy atom. The van der Waals surface area contributed by atoms with Gasteiger partial charge in [-0.3, -0.25) is 0 Å². The molecule has 0 saturated carbocycles. The zero-order valence-electron chi connectivity index (χ0n) is 12.4. The minimum atomic E-state index is 0.873. The third-order valence-electron chi connectivity index (χ3n) is 3.74. The van der Waals surface area contributed by atoms with Gasteiger partial charge in [0.05, 0.1) is 0 Å². The monoisotopic (exact) mass is 283 g/mol. The molecule has 0 unspecified atom stereocenters. The van der Waals surface area contributed by atoms with E-state index in [1.165, 1.54) is 5.69 Å². The number of aromatic nitrogens is 2. The molecule has 0 amide bonds. The molecule has 0 aliphatic carbocycles. The van der Waals surface area contributed by atoms with Gasteiger partial charge in [0.2, 0.25) is 0 Å². The van der Waals surface area contributed by atoms with Crippen LogP contribution in [0.1, 0.15) is 6.92 Å². The van der Waals surface area contributed by atoms with Crippen LogP contribution in [0.3, 0.4) is 0 Å². The molecule has 1 fully saturated rings.